The van der Waals surface area contributed by atoms with Crippen LogP contribution < -0.4 is 9.64 Å². The van der Waals surface area contributed by atoms with Gasteiger partial charge in [-0.2, -0.15) is 0 Å². The molecule has 1 fully saturated rings. The number of ether oxygens (including phenoxy) is 2. The molecule has 122 valence electrons. The molecule has 0 unspecified atom stereocenters. The van der Waals surface area contributed by atoms with Crippen molar-refractivity contribution >= 4 is 5.97 Å². The molecule has 1 aromatic carbocycles. The zero-order chi connectivity index (χ0) is 15.8. The lowest BCUT2D eigenvalue weighted by Gasteiger charge is -2.28. The lowest BCUT2D eigenvalue weighted by atomic mass is 9.97. The predicted molar refractivity (Wildman–Crippen MR) is 86.2 cm³/mol. The summed E-state index contributed by atoms with van der Waals surface area (Å²) >= 11 is 0. The second kappa shape index (κ2) is 8.79. The van der Waals surface area contributed by atoms with Gasteiger partial charge in [0.05, 0.1) is 38.8 Å². The molecule has 1 aromatic rings. The molecule has 4 heteroatoms. The number of likely N-dealkylation sites (tertiary alicyclic amines) is 1. The molecular weight excluding hydrogens is 278 g/mol. The number of piperidine rings is 1. The van der Waals surface area contributed by atoms with E-state index in [2.05, 4.69) is 19.1 Å². The highest BCUT2D eigenvalue weighted by Crippen LogP contribution is 2.12. The molecule has 0 amide bonds. The highest BCUT2D eigenvalue weighted by Gasteiger charge is 2.27. The number of quaternary nitrogens is 1. The molecule has 4 nitrogen and oxygen atoms in total. The normalized spacial score (nSPS) is 21.4. The molecule has 1 aliphatic rings. The molecule has 1 heterocycles. The van der Waals surface area contributed by atoms with Crippen molar-refractivity contribution < 1.29 is 19.2 Å². The van der Waals surface area contributed by atoms with E-state index < -0.39 is 0 Å². The molecule has 1 aliphatic heterocycles. The van der Waals surface area contributed by atoms with Crippen LogP contribution in [0.2, 0.25) is 0 Å². The van der Waals surface area contributed by atoms with E-state index in [1.165, 1.54) is 5.56 Å². The molecule has 0 atom stereocenters. The van der Waals surface area contributed by atoms with Crippen molar-refractivity contribution in [2.75, 3.05) is 32.8 Å². The van der Waals surface area contributed by atoms with Crippen LogP contribution in [0.5, 0.6) is 5.75 Å². The molecule has 0 saturated carbocycles. The number of hydrogen-bond donors (Lipinski definition) is 1. The third kappa shape index (κ3) is 5.34. The third-order valence-electron chi connectivity index (χ3n) is 4.28. The molecule has 0 spiro atoms. The van der Waals surface area contributed by atoms with Crippen molar-refractivity contribution in [3.8, 4) is 5.75 Å². The van der Waals surface area contributed by atoms with Crippen molar-refractivity contribution in [1.82, 2.24) is 0 Å². The average molecular weight is 306 g/mol. The summed E-state index contributed by atoms with van der Waals surface area (Å²) in [5.41, 5.74) is 1.25. The van der Waals surface area contributed by atoms with Crippen LogP contribution in [0.25, 0.3) is 0 Å². The molecule has 0 bridgehead atoms. The minimum absolute atomic E-state index is 0.00995. The molecule has 0 aliphatic carbocycles. The minimum Gasteiger partial charge on any atom is -0.493 e. The van der Waals surface area contributed by atoms with Crippen molar-refractivity contribution in [3.05, 3.63) is 29.8 Å². The quantitative estimate of drug-likeness (QED) is 0.615. The SMILES string of the molecule is CCOC(=O)C1CC[NH+](CCCOc2ccc(C)cc2)CC1. The Labute approximate surface area is 133 Å². The maximum atomic E-state index is 11.7. The second-order valence-electron chi connectivity index (χ2n) is 6.04. The Kier molecular flexibility index (Phi) is 6.72. The molecule has 0 aromatic heterocycles. The average Bonchev–Trinajstić information content (AvgIpc) is 2.54. The summed E-state index contributed by atoms with van der Waals surface area (Å²) in [6.07, 6.45) is 2.95. The number of carbonyl (C=O) groups excluding carboxylic acids is 1. The van der Waals surface area contributed by atoms with Gasteiger partial charge >= 0.3 is 5.97 Å². The Balaban J connectivity index is 1.59. The molecule has 1 saturated heterocycles. The van der Waals surface area contributed by atoms with E-state index in [1.54, 1.807) is 4.90 Å². The van der Waals surface area contributed by atoms with Crippen LogP contribution in [0.3, 0.4) is 0 Å². The monoisotopic (exact) mass is 306 g/mol. The number of aryl methyl sites for hydroxylation is 1. The number of hydrogen-bond acceptors (Lipinski definition) is 3. The van der Waals surface area contributed by atoms with Gasteiger partial charge in [-0.3, -0.25) is 4.79 Å². The van der Waals surface area contributed by atoms with Crippen LogP contribution >= 0.6 is 0 Å². The van der Waals surface area contributed by atoms with Crippen molar-refractivity contribution in [3.63, 3.8) is 0 Å². The maximum absolute atomic E-state index is 11.7. The fraction of sp³-hybridized carbons (Fsp3) is 0.611. The molecule has 2 rings (SSSR count). The van der Waals surface area contributed by atoms with Crippen molar-refractivity contribution in [2.24, 2.45) is 5.92 Å². The first-order valence-corrected chi connectivity index (χ1v) is 8.38. The van der Waals surface area contributed by atoms with Crippen molar-refractivity contribution in [2.45, 2.75) is 33.1 Å². The number of rotatable bonds is 7. The fourth-order valence-corrected chi connectivity index (χ4v) is 2.92. The van der Waals surface area contributed by atoms with Crippen LogP contribution in [0.4, 0.5) is 0 Å². The standard InChI is InChI=1S/C18H27NO3/c1-3-21-18(20)16-9-12-19(13-10-16)11-4-14-22-17-7-5-15(2)6-8-17/h5-8,16H,3-4,9-14H2,1-2H3/p+1. The van der Waals surface area contributed by atoms with Crippen LogP contribution in [0.15, 0.2) is 24.3 Å². The number of carbonyl (C=O) groups is 1. The maximum Gasteiger partial charge on any atom is 0.309 e. The molecule has 22 heavy (non-hydrogen) atoms. The van der Waals surface area contributed by atoms with Crippen LogP contribution in [0.1, 0.15) is 31.7 Å². The van der Waals surface area contributed by atoms with Crippen LogP contribution in [-0.2, 0) is 9.53 Å². The van der Waals surface area contributed by atoms with E-state index in [1.807, 2.05) is 19.1 Å². The lowest BCUT2D eigenvalue weighted by molar-refractivity contribution is -0.906. The summed E-state index contributed by atoms with van der Waals surface area (Å²) in [5.74, 6) is 1.05. The molecular formula is C18H28NO3+. The van der Waals surface area contributed by atoms with Gasteiger partial charge in [0, 0.05) is 19.3 Å². The highest BCUT2D eigenvalue weighted by atomic mass is 16.5. The Bertz CT molecular complexity index is 450. The first kappa shape index (κ1) is 16.8. The van der Waals surface area contributed by atoms with E-state index in [4.69, 9.17) is 9.47 Å². The summed E-state index contributed by atoms with van der Waals surface area (Å²) in [4.78, 5) is 13.3. The Morgan fingerprint density at radius 2 is 1.91 bits per heavy atom. The van der Waals surface area contributed by atoms with E-state index in [-0.39, 0.29) is 11.9 Å². The van der Waals surface area contributed by atoms with E-state index in [0.29, 0.717) is 6.61 Å². The zero-order valence-corrected chi connectivity index (χ0v) is 13.8. The molecule has 0 radical (unpaired) electrons. The predicted octanol–water partition coefficient (Wildman–Crippen LogP) is 1.62. The van der Waals surface area contributed by atoms with Gasteiger partial charge in [0.15, 0.2) is 0 Å². The summed E-state index contributed by atoms with van der Waals surface area (Å²) in [5, 5.41) is 0. The van der Waals surface area contributed by atoms with E-state index in [9.17, 15) is 4.79 Å². The van der Waals surface area contributed by atoms with Crippen molar-refractivity contribution in [1.29, 1.82) is 0 Å². The zero-order valence-electron chi connectivity index (χ0n) is 13.8. The summed E-state index contributed by atoms with van der Waals surface area (Å²) in [7, 11) is 0. The number of nitrogens with one attached hydrogen (secondary N) is 1. The summed E-state index contributed by atoms with van der Waals surface area (Å²) in [6, 6.07) is 8.18. The van der Waals surface area contributed by atoms with Crippen LogP contribution in [-0.4, -0.2) is 38.8 Å². The topological polar surface area (TPSA) is 40.0 Å². The molecule has 1 N–H and O–H groups in total. The largest absolute Gasteiger partial charge is 0.493 e. The van der Waals surface area contributed by atoms with E-state index in [0.717, 1.165) is 51.3 Å². The van der Waals surface area contributed by atoms with Gasteiger partial charge in [0.25, 0.3) is 0 Å². The second-order valence-corrected chi connectivity index (χ2v) is 6.04. The third-order valence-corrected chi connectivity index (χ3v) is 4.28. The highest BCUT2D eigenvalue weighted by molar-refractivity contribution is 5.72. The van der Waals surface area contributed by atoms with Gasteiger partial charge in [-0.25, -0.2) is 0 Å². The number of esters is 1. The van der Waals surface area contributed by atoms with Gasteiger partial charge in [-0.05, 0) is 26.0 Å². The van der Waals surface area contributed by atoms with Gasteiger partial charge in [0.1, 0.15) is 5.75 Å². The lowest BCUT2D eigenvalue weighted by Crippen LogP contribution is -3.13. The Hall–Kier alpha value is -1.55. The van der Waals surface area contributed by atoms with Gasteiger partial charge < -0.3 is 14.4 Å². The van der Waals surface area contributed by atoms with Gasteiger partial charge in [-0.15, -0.1) is 0 Å². The first-order valence-electron chi connectivity index (χ1n) is 8.38. The van der Waals surface area contributed by atoms with Gasteiger partial charge in [-0.1, -0.05) is 17.7 Å². The van der Waals surface area contributed by atoms with Crippen LogP contribution in [0, 0.1) is 12.8 Å². The Morgan fingerprint density at radius 3 is 2.55 bits per heavy atom. The smallest absolute Gasteiger partial charge is 0.309 e. The summed E-state index contributed by atoms with van der Waals surface area (Å²) < 4.78 is 10.9. The number of benzene rings is 1. The first-order chi connectivity index (χ1) is 10.7. The Morgan fingerprint density at radius 1 is 1.23 bits per heavy atom. The summed E-state index contributed by atoms with van der Waals surface area (Å²) in [6.45, 7) is 8.43. The minimum atomic E-state index is -0.00995. The van der Waals surface area contributed by atoms with E-state index >= 15 is 0 Å². The van der Waals surface area contributed by atoms with Gasteiger partial charge in [0.2, 0.25) is 0 Å². The fourth-order valence-electron chi connectivity index (χ4n) is 2.92.